The highest BCUT2D eigenvalue weighted by atomic mass is 35.5. The lowest BCUT2D eigenvalue weighted by Gasteiger charge is -2.09. The van der Waals surface area contributed by atoms with Crippen molar-refractivity contribution in [1.29, 1.82) is 0 Å². The summed E-state index contributed by atoms with van der Waals surface area (Å²) >= 11 is 5.64. The van der Waals surface area contributed by atoms with Crippen molar-refractivity contribution in [3.63, 3.8) is 0 Å². The number of hydrogen-bond donors (Lipinski definition) is 2. The minimum atomic E-state index is -3.68. The summed E-state index contributed by atoms with van der Waals surface area (Å²) < 4.78 is 39.9. The highest BCUT2D eigenvalue weighted by Crippen LogP contribution is 2.19. The molecule has 2 aromatic rings. The first-order valence-electron chi connectivity index (χ1n) is 7.51. The van der Waals surface area contributed by atoms with Gasteiger partial charge in [-0.25, -0.2) is 17.5 Å². The number of carbonyl (C=O) groups excluding carboxylic acids is 1. The largest absolute Gasteiger partial charge is 0.326 e. The second kappa shape index (κ2) is 7.95. The van der Waals surface area contributed by atoms with Crippen molar-refractivity contribution in [1.82, 2.24) is 4.72 Å². The Balaban J connectivity index is 1.91. The van der Waals surface area contributed by atoms with Gasteiger partial charge in [-0.1, -0.05) is 17.7 Å². The van der Waals surface area contributed by atoms with Crippen molar-refractivity contribution in [2.45, 2.75) is 25.2 Å². The van der Waals surface area contributed by atoms with E-state index in [1.807, 2.05) is 13.8 Å². The fraction of sp³-hybridized carbons (Fsp3) is 0.235. The summed E-state index contributed by atoms with van der Waals surface area (Å²) in [5, 5.41) is 2.42. The number of anilines is 1. The van der Waals surface area contributed by atoms with Crippen LogP contribution in [-0.4, -0.2) is 20.9 Å². The van der Waals surface area contributed by atoms with Crippen LogP contribution in [0, 0.1) is 19.7 Å². The number of benzene rings is 2. The molecule has 0 aliphatic heterocycles. The molecule has 0 aliphatic carbocycles. The molecule has 0 radical (unpaired) electrons. The van der Waals surface area contributed by atoms with E-state index in [1.54, 1.807) is 12.1 Å². The van der Waals surface area contributed by atoms with Gasteiger partial charge in [-0.05, 0) is 55.3 Å². The van der Waals surface area contributed by atoms with E-state index >= 15 is 0 Å². The molecule has 0 bridgehead atoms. The molecule has 0 saturated carbocycles. The Morgan fingerprint density at radius 2 is 1.84 bits per heavy atom. The summed E-state index contributed by atoms with van der Waals surface area (Å²) in [5.74, 6) is -0.994. The second-order valence-corrected chi connectivity index (χ2v) is 7.75. The molecule has 8 heteroatoms. The number of sulfonamides is 1. The van der Waals surface area contributed by atoms with Gasteiger partial charge in [0.2, 0.25) is 15.9 Å². The summed E-state index contributed by atoms with van der Waals surface area (Å²) in [5.41, 5.74) is 2.21. The molecule has 5 nitrogen and oxygen atoms in total. The minimum Gasteiger partial charge on any atom is -0.326 e. The van der Waals surface area contributed by atoms with Crippen LogP contribution in [0.5, 0.6) is 0 Å². The summed E-state index contributed by atoms with van der Waals surface area (Å²) in [6.07, 6.45) is -0.0704. The molecular formula is C17H18ClFN2O3S. The molecule has 0 spiro atoms. The molecule has 2 rings (SSSR count). The van der Waals surface area contributed by atoms with Crippen LogP contribution < -0.4 is 10.0 Å². The molecule has 0 unspecified atom stereocenters. The Morgan fingerprint density at radius 3 is 2.48 bits per heavy atom. The number of aryl methyl sites for hydroxylation is 2. The molecule has 0 heterocycles. The molecule has 0 saturated heterocycles. The van der Waals surface area contributed by atoms with E-state index in [-0.39, 0.29) is 22.9 Å². The Labute approximate surface area is 151 Å². The van der Waals surface area contributed by atoms with Gasteiger partial charge in [0.1, 0.15) is 5.82 Å². The van der Waals surface area contributed by atoms with Crippen molar-refractivity contribution in [2.24, 2.45) is 0 Å². The third-order valence-corrected chi connectivity index (χ3v) is 5.38. The average Bonchev–Trinajstić information content (AvgIpc) is 2.53. The summed E-state index contributed by atoms with van der Waals surface area (Å²) in [4.78, 5) is 12.0. The van der Waals surface area contributed by atoms with Gasteiger partial charge in [-0.3, -0.25) is 4.79 Å². The van der Waals surface area contributed by atoms with E-state index < -0.39 is 21.7 Å². The standard InChI is InChI=1S/C17H18ClFN2O3S/c1-11-3-5-14(9-12(11)2)25(23,24)20-8-7-17(22)21-13-4-6-16(19)15(18)10-13/h3-6,9-10,20H,7-8H2,1-2H3,(H,21,22). The zero-order chi connectivity index (χ0) is 18.6. The van der Waals surface area contributed by atoms with Gasteiger partial charge in [0.15, 0.2) is 0 Å². The Bertz CT molecular complexity index is 901. The van der Waals surface area contributed by atoms with Crippen molar-refractivity contribution < 1.29 is 17.6 Å². The lowest BCUT2D eigenvalue weighted by Crippen LogP contribution is -2.28. The lowest BCUT2D eigenvalue weighted by atomic mass is 10.1. The first-order valence-corrected chi connectivity index (χ1v) is 9.37. The van der Waals surface area contributed by atoms with Crippen LogP contribution in [0.25, 0.3) is 0 Å². The number of carbonyl (C=O) groups is 1. The van der Waals surface area contributed by atoms with E-state index in [4.69, 9.17) is 11.6 Å². The molecular weight excluding hydrogens is 367 g/mol. The minimum absolute atomic E-state index is 0.0595. The van der Waals surface area contributed by atoms with Crippen LogP contribution in [0.4, 0.5) is 10.1 Å². The van der Waals surface area contributed by atoms with Crippen molar-refractivity contribution >= 4 is 33.2 Å². The molecule has 25 heavy (non-hydrogen) atoms. The second-order valence-electron chi connectivity index (χ2n) is 5.57. The molecule has 1 amide bonds. The summed E-state index contributed by atoms with van der Waals surface area (Å²) in [7, 11) is -3.68. The van der Waals surface area contributed by atoms with Gasteiger partial charge < -0.3 is 5.32 Å². The van der Waals surface area contributed by atoms with Crippen molar-refractivity contribution in [2.75, 3.05) is 11.9 Å². The maximum atomic E-state index is 13.1. The third-order valence-electron chi connectivity index (χ3n) is 3.64. The fourth-order valence-electron chi connectivity index (χ4n) is 2.06. The van der Waals surface area contributed by atoms with Crippen LogP contribution >= 0.6 is 11.6 Å². The zero-order valence-corrected chi connectivity index (χ0v) is 15.3. The SMILES string of the molecule is Cc1ccc(S(=O)(=O)NCCC(=O)Nc2ccc(F)c(Cl)c2)cc1C. The van der Waals surface area contributed by atoms with Gasteiger partial charge in [0, 0.05) is 18.7 Å². The predicted octanol–water partition coefficient (Wildman–Crippen LogP) is 3.40. The molecule has 0 aliphatic rings. The van der Waals surface area contributed by atoms with E-state index in [9.17, 15) is 17.6 Å². The van der Waals surface area contributed by atoms with Crippen molar-refractivity contribution in [3.8, 4) is 0 Å². The highest BCUT2D eigenvalue weighted by molar-refractivity contribution is 7.89. The smallest absolute Gasteiger partial charge is 0.240 e. The molecule has 0 fully saturated rings. The quantitative estimate of drug-likeness (QED) is 0.801. The van der Waals surface area contributed by atoms with E-state index in [1.165, 1.54) is 18.2 Å². The molecule has 0 atom stereocenters. The number of hydrogen-bond acceptors (Lipinski definition) is 3. The normalized spacial score (nSPS) is 11.4. The van der Waals surface area contributed by atoms with Crippen LogP contribution in [0.2, 0.25) is 5.02 Å². The van der Waals surface area contributed by atoms with Gasteiger partial charge >= 0.3 is 0 Å². The van der Waals surface area contributed by atoms with Crippen LogP contribution in [0.1, 0.15) is 17.5 Å². The third kappa shape index (κ3) is 5.26. The van der Waals surface area contributed by atoms with E-state index in [0.717, 1.165) is 17.2 Å². The maximum absolute atomic E-state index is 13.1. The topological polar surface area (TPSA) is 75.3 Å². The molecule has 2 aromatic carbocycles. The molecule has 0 aromatic heterocycles. The first kappa shape index (κ1) is 19.4. The highest BCUT2D eigenvalue weighted by Gasteiger charge is 2.15. The Hall–Kier alpha value is -1.96. The van der Waals surface area contributed by atoms with E-state index in [2.05, 4.69) is 10.0 Å². The van der Waals surface area contributed by atoms with Gasteiger partial charge in [0.05, 0.1) is 9.92 Å². The molecule has 134 valence electrons. The maximum Gasteiger partial charge on any atom is 0.240 e. The number of nitrogens with one attached hydrogen (secondary N) is 2. The summed E-state index contributed by atoms with van der Waals surface area (Å²) in [6.45, 7) is 3.66. The van der Waals surface area contributed by atoms with Crippen LogP contribution in [-0.2, 0) is 14.8 Å². The van der Waals surface area contributed by atoms with Gasteiger partial charge in [0.25, 0.3) is 0 Å². The lowest BCUT2D eigenvalue weighted by molar-refractivity contribution is -0.116. The zero-order valence-electron chi connectivity index (χ0n) is 13.8. The fourth-order valence-corrected chi connectivity index (χ4v) is 3.36. The Kier molecular flexibility index (Phi) is 6.16. The van der Waals surface area contributed by atoms with Gasteiger partial charge in [-0.2, -0.15) is 0 Å². The van der Waals surface area contributed by atoms with Gasteiger partial charge in [-0.15, -0.1) is 0 Å². The average molecular weight is 385 g/mol. The van der Waals surface area contributed by atoms with Crippen molar-refractivity contribution in [3.05, 3.63) is 58.4 Å². The number of halogens is 2. The Morgan fingerprint density at radius 1 is 1.12 bits per heavy atom. The number of rotatable bonds is 6. The first-order chi connectivity index (χ1) is 11.7. The predicted molar refractivity (Wildman–Crippen MR) is 95.8 cm³/mol. The van der Waals surface area contributed by atoms with E-state index in [0.29, 0.717) is 5.69 Å². The van der Waals surface area contributed by atoms with Crippen LogP contribution in [0.15, 0.2) is 41.3 Å². The van der Waals surface area contributed by atoms with Crippen LogP contribution in [0.3, 0.4) is 0 Å². The monoisotopic (exact) mass is 384 g/mol. The summed E-state index contributed by atoms with van der Waals surface area (Å²) in [6, 6.07) is 8.63. The molecule has 2 N–H and O–H groups in total. The number of amides is 1.